The second-order valence-corrected chi connectivity index (χ2v) is 4.58. The lowest BCUT2D eigenvalue weighted by atomic mass is 10.2. The van der Waals surface area contributed by atoms with Gasteiger partial charge in [0.1, 0.15) is 0 Å². The third-order valence-electron chi connectivity index (χ3n) is 2.73. The van der Waals surface area contributed by atoms with Crippen LogP contribution < -0.4 is 10.7 Å². The minimum Gasteiger partial charge on any atom is -0.353 e. The Morgan fingerprint density at radius 3 is 2.60 bits per heavy atom. The first-order valence-electron chi connectivity index (χ1n) is 6.55. The molecule has 6 heteroatoms. The normalized spacial score (nSPS) is 12.7. The van der Waals surface area contributed by atoms with Gasteiger partial charge in [-0.25, -0.2) is 5.43 Å². The maximum atomic E-state index is 11.7. The van der Waals surface area contributed by atoms with E-state index in [1.54, 1.807) is 19.1 Å². The molecule has 0 aliphatic carbocycles. The summed E-state index contributed by atoms with van der Waals surface area (Å²) in [5, 5.41) is 6.75. The number of hydrazone groups is 1. The monoisotopic (exact) mass is 276 g/mol. The van der Waals surface area contributed by atoms with E-state index >= 15 is 0 Å². The lowest BCUT2D eigenvalue weighted by Crippen LogP contribution is -2.33. The highest BCUT2D eigenvalue weighted by Gasteiger charge is 2.08. The van der Waals surface area contributed by atoms with E-state index in [1.165, 1.54) is 12.4 Å². The molecule has 2 amide bonds. The highest BCUT2D eigenvalue weighted by Crippen LogP contribution is 1.96. The van der Waals surface area contributed by atoms with Crippen molar-refractivity contribution in [3.8, 4) is 0 Å². The van der Waals surface area contributed by atoms with Crippen LogP contribution in [0.25, 0.3) is 0 Å². The van der Waals surface area contributed by atoms with E-state index in [0.29, 0.717) is 11.3 Å². The van der Waals surface area contributed by atoms with Crippen LogP contribution in [0.15, 0.2) is 29.6 Å². The number of amides is 2. The summed E-state index contributed by atoms with van der Waals surface area (Å²) < 4.78 is 0. The predicted octanol–water partition coefficient (Wildman–Crippen LogP) is 1.49. The quantitative estimate of drug-likeness (QED) is 0.610. The Balaban J connectivity index is 2.46. The van der Waals surface area contributed by atoms with Crippen molar-refractivity contribution in [1.29, 1.82) is 0 Å². The molecule has 20 heavy (non-hydrogen) atoms. The number of hydrogen-bond acceptors (Lipinski definition) is 4. The minimum atomic E-state index is -0.325. The molecule has 0 fully saturated rings. The second-order valence-electron chi connectivity index (χ2n) is 4.58. The third-order valence-corrected chi connectivity index (χ3v) is 2.73. The topological polar surface area (TPSA) is 83.5 Å². The zero-order valence-corrected chi connectivity index (χ0v) is 12.0. The lowest BCUT2D eigenvalue weighted by Gasteiger charge is -2.10. The largest absolute Gasteiger partial charge is 0.353 e. The average Bonchev–Trinajstić information content (AvgIpc) is 2.45. The first kappa shape index (κ1) is 15.8. The molecule has 2 N–H and O–H groups in total. The molecule has 0 saturated carbocycles. The highest BCUT2D eigenvalue weighted by molar-refractivity contribution is 6.01. The van der Waals surface area contributed by atoms with Crippen molar-refractivity contribution in [2.75, 3.05) is 0 Å². The van der Waals surface area contributed by atoms with Gasteiger partial charge in [-0.3, -0.25) is 14.6 Å². The maximum Gasteiger partial charge on any atom is 0.271 e. The number of aromatic nitrogens is 1. The third kappa shape index (κ3) is 5.60. The Labute approximate surface area is 118 Å². The van der Waals surface area contributed by atoms with Gasteiger partial charge in [0.2, 0.25) is 5.91 Å². The summed E-state index contributed by atoms with van der Waals surface area (Å²) in [7, 11) is 0. The van der Waals surface area contributed by atoms with Gasteiger partial charge in [0.05, 0.1) is 6.42 Å². The fourth-order valence-electron chi connectivity index (χ4n) is 1.41. The Hall–Kier alpha value is -2.24. The summed E-state index contributed by atoms with van der Waals surface area (Å²) in [5.41, 5.74) is 3.43. The van der Waals surface area contributed by atoms with Crippen LogP contribution in [0.4, 0.5) is 0 Å². The zero-order valence-electron chi connectivity index (χ0n) is 12.0. The maximum absolute atomic E-state index is 11.7. The molecule has 0 aliphatic rings. The Bertz CT molecular complexity index is 485. The molecule has 1 aromatic heterocycles. The number of rotatable bonds is 6. The van der Waals surface area contributed by atoms with E-state index in [1.807, 2.05) is 13.8 Å². The Morgan fingerprint density at radius 2 is 2.00 bits per heavy atom. The van der Waals surface area contributed by atoms with Crippen LogP contribution in [0.1, 0.15) is 44.0 Å². The number of hydrogen-bond donors (Lipinski definition) is 2. The highest BCUT2D eigenvalue weighted by atomic mass is 16.2. The van der Waals surface area contributed by atoms with E-state index in [-0.39, 0.29) is 24.3 Å². The first-order valence-corrected chi connectivity index (χ1v) is 6.55. The van der Waals surface area contributed by atoms with Gasteiger partial charge in [0.15, 0.2) is 0 Å². The summed E-state index contributed by atoms with van der Waals surface area (Å²) in [4.78, 5) is 27.2. The van der Waals surface area contributed by atoms with Crippen molar-refractivity contribution >= 4 is 17.5 Å². The summed E-state index contributed by atoms with van der Waals surface area (Å²) in [6.45, 7) is 5.64. The van der Waals surface area contributed by atoms with E-state index in [0.717, 1.165) is 6.42 Å². The van der Waals surface area contributed by atoms with Crippen LogP contribution in [0.2, 0.25) is 0 Å². The van der Waals surface area contributed by atoms with Gasteiger partial charge < -0.3 is 5.32 Å². The molecule has 0 aromatic carbocycles. The Kier molecular flexibility index (Phi) is 6.36. The predicted molar refractivity (Wildman–Crippen MR) is 77.3 cm³/mol. The molecule has 1 unspecified atom stereocenters. The van der Waals surface area contributed by atoms with Gasteiger partial charge in [-0.15, -0.1) is 0 Å². The van der Waals surface area contributed by atoms with Gasteiger partial charge in [-0.05, 0) is 32.4 Å². The van der Waals surface area contributed by atoms with Crippen molar-refractivity contribution in [3.63, 3.8) is 0 Å². The first-order chi connectivity index (χ1) is 9.52. The number of nitrogens with one attached hydrogen (secondary N) is 2. The fourth-order valence-corrected chi connectivity index (χ4v) is 1.41. The molecule has 0 radical (unpaired) electrons. The van der Waals surface area contributed by atoms with E-state index < -0.39 is 0 Å². The molecule has 1 rings (SSSR count). The van der Waals surface area contributed by atoms with Gasteiger partial charge in [0.25, 0.3) is 5.91 Å². The number of carbonyl (C=O) groups is 2. The molecule has 0 spiro atoms. The van der Waals surface area contributed by atoms with Gasteiger partial charge >= 0.3 is 0 Å². The number of pyridine rings is 1. The SMILES string of the molecule is CCC(C)NC(=O)CC(C)=NNC(=O)c1ccncc1. The van der Waals surface area contributed by atoms with Gasteiger partial charge in [0, 0.05) is 29.7 Å². The Morgan fingerprint density at radius 1 is 1.35 bits per heavy atom. The molecule has 0 saturated heterocycles. The fraction of sp³-hybridized carbons (Fsp3) is 0.429. The smallest absolute Gasteiger partial charge is 0.271 e. The molecule has 1 atom stereocenters. The molecular weight excluding hydrogens is 256 g/mol. The van der Waals surface area contributed by atoms with Crippen molar-refractivity contribution < 1.29 is 9.59 Å². The van der Waals surface area contributed by atoms with Crippen LogP contribution in [0, 0.1) is 0 Å². The molecule has 0 aliphatic heterocycles. The summed E-state index contributed by atoms with van der Waals surface area (Å²) in [6, 6.07) is 3.33. The van der Waals surface area contributed by atoms with Crippen LogP contribution >= 0.6 is 0 Å². The van der Waals surface area contributed by atoms with Gasteiger partial charge in [-0.2, -0.15) is 5.10 Å². The zero-order chi connectivity index (χ0) is 15.0. The van der Waals surface area contributed by atoms with Gasteiger partial charge in [-0.1, -0.05) is 6.92 Å². The van der Waals surface area contributed by atoms with Crippen molar-refractivity contribution in [3.05, 3.63) is 30.1 Å². The summed E-state index contributed by atoms with van der Waals surface area (Å²) >= 11 is 0. The minimum absolute atomic E-state index is 0.0984. The molecule has 108 valence electrons. The number of nitrogens with zero attached hydrogens (tertiary/aromatic N) is 2. The molecule has 6 nitrogen and oxygen atoms in total. The van der Waals surface area contributed by atoms with Crippen molar-refractivity contribution in [1.82, 2.24) is 15.7 Å². The van der Waals surface area contributed by atoms with E-state index in [2.05, 4.69) is 20.8 Å². The standard InChI is InChI=1S/C14H20N4O2/c1-4-10(2)16-13(19)9-11(3)17-18-14(20)12-5-7-15-8-6-12/h5-8,10H,4,9H2,1-3H3,(H,16,19)(H,18,20). The van der Waals surface area contributed by atoms with Crippen LogP contribution in [0.5, 0.6) is 0 Å². The number of carbonyl (C=O) groups excluding carboxylic acids is 2. The summed E-state index contributed by atoms with van der Waals surface area (Å²) in [6.07, 6.45) is 4.11. The molecule has 1 heterocycles. The van der Waals surface area contributed by atoms with Crippen LogP contribution in [-0.4, -0.2) is 28.6 Å². The van der Waals surface area contributed by atoms with Crippen molar-refractivity contribution in [2.45, 2.75) is 39.7 Å². The molecule has 1 aromatic rings. The molecular formula is C14H20N4O2. The van der Waals surface area contributed by atoms with Crippen LogP contribution in [-0.2, 0) is 4.79 Å². The summed E-state index contributed by atoms with van der Waals surface area (Å²) in [5.74, 6) is -0.423. The average molecular weight is 276 g/mol. The second kappa shape index (κ2) is 8.04. The van der Waals surface area contributed by atoms with Crippen LogP contribution in [0.3, 0.4) is 0 Å². The van der Waals surface area contributed by atoms with Crippen molar-refractivity contribution in [2.24, 2.45) is 5.10 Å². The molecule has 0 bridgehead atoms. The van der Waals surface area contributed by atoms with E-state index in [4.69, 9.17) is 0 Å². The lowest BCUT2D eigenvalue weighted by molar-refractivity contribution is -0.120. The van der Waals surface area contributed by atoms with E-state index in [9.17, 15) is 9.59 Å².